The maximum absolute atomic E-state index is 12.4. The molecule has 2 aliphatic heterocycles. The molecular weight excluding hydrogens is 302 g/mol. The standard InChI is InChI=1S/C18H25N5O/c1-14-3-2-8-23(13-14)18(24)21-16-6-9-22(10-7-16)17-5-4-15(11-19)12-20-17/h4-5,12,14,16H,2-3,6-10,13H2,1H3,(H,21,24)/t14-/m0/s1. The number of nitrogens with zero attached hydrogens (tertiary/aromatic N) is 4. The van der Waals surface area contributed by atoms with Gasteiger partial charge in [-0.3, -0.25) is 0 Å². The average Bonchev–Trinajstić information content (AvgIpc) is 2.62. The first-order valence-electron chi connectivity index (χ1n) is 8.82. The molecular formula is C18H25N5O. The van der Waals surface area contributed by atoms with Crippen LogP contribution in [0.2, 0.25) is 0 Å². The molecule has 0 radical (unpaired) electrons. The molecule has 128 valence electrons. The van der Waals surface area contributed by atoms with Gasteiger partial charge in [0.1, 0.15) is 11.9 Å². The van der Waals surface area contributed by atoms with Crippen LogP contribution in [0.25, 0.3) is 0 Å². The van der Waals surface area contributed by atoms with Crippen molar-refractivity contribution in [3.63, 3.8) is 0 Å². The number of carbonyl (C=O) groups excluding carboxylic acids is 1. The lowest BCUT2D eigenvalue weighted by Crippen LogP contribution is -2.51. The highest BCUT2D eigenvalue weighted by molar-refractivity contribution is 5.74. The van der Waals surface area contributed by atoms with E-state index in [4.69, 9.17) is 5.26 Å². The number of nitriles is 1. The van der Waals surface area contributed by atoms with E-state index in [-0.39, 0.29) is 12.1 Å². The molecule has 2 amide bonds. The number of rotatable bonds is 2. The number of nitrogens with one attached hydrogen (secondary N) is 1. The Morgan fingerprint density at radius 3 is 2.71 bits per heavy atom. The molecule has 1 aromatic heterocycles. The molecule has 2 aliphatic rings. The van der Waals surface area contributed by atoms with Gasteiger partial charge in [-0.1, -0.05) is 6.92 Å². The van der Waals surface area contributed by atoms with Crippen molar-refractivity contribution < 1.29 is 4.79 Å². The highest BCUT2D eigenvalue weighted by Crippen LogP contribution is 2.19. The molecule has 0 aromatic carbocycles. The van der Waals surface area contributed by atoms with Crippen LogP contribution in [0.15, 0.2) is 18.3 Å². The van der Waals surface area contributed by atoms with Crippen molar-refractivity contribution in [1.82, 2.24) is 15.2 Å². The van der Waals surface area contributed by atoms with Crippen LogP contribution in [-0.2, 0) is 0 Å². The quantitative estimate of drug-likeness (QED) is 0.905. The first kappa shape index (κ1) is 16.6. The zero-order valence-electron chi connectivity index (χ0n) is 14.2. The van der Waals surface area contributed by atoms with Crippen LogP contribution < -0.4 is 10.2 Å². The summed E-state index contributed by atoms with van der Waals surface area (Å²) in [5, 5.41) is 12.0. The number of anilines is 1. The Morgan fingerprint density at radius 2 is 2.08 bits per heavy atom. The van der Waals surface area contributed by atoms with Gasteiger partial charge >= 0.3 is 6.03 Å². The molecule has 0 aliphatic carbocycles. The van der Waals surface area contributed by atoms with Gasteiger partial charge in [0.15, 0.2) is 0 Å². The highest BCUT2D eigenvalue weighted by Gasteiger charge is 2.25. The molecule has 3 heterocycles. The van der Waals surface area contributed by atoms with Gasteiger partial charge in [0.2, 0.25) is 0 Å². The van der Waals surface area contributed by atoms with Crippen molar-refractivity contribution in [2.45, 2.75) is 38.6 Å². The number of carbonyl (C=O) groups is 1. The molecule has 24 heavy (non-hydrogen) atoms. The van der Waals surface area contributed by atoms with Crippen molar-refractivity contribution in [2.24, 2.45) is 5.92 Å². The Morgan fingerprint density at radius 1 is 1.29 bits per heavy atom. The van der Waals surface area contributed by atoms with Gasteiger partial charge < -0.3 is 15.1 Å². The second-order valence-corrected chi connectivity index (χ2v) is 6.92. The van der Waals surface area contributed by atoms with Gasteiger partial charge in [-0.05, 0) is 43.7 Å². The molecule has 0 unspecified atom stereocenters. The van der Waals surface area contributed by atoms with Crippen molar-refractivity contribution in [2.75, 3.05) is 31.1 Å². The molecule has 6 nitrogen and oxygen atoms in total. The third-order valence-electron chi connectivity index (χ3n) is 4.97. The van der Waals surface area contributed by atoms with E-state index in [1.165, 1.54) is 6.42 Å². The zero-order valence-corrected chi connectivity index (χ0v) is 14.2. The van der Waals surface area contributed by atoms with E-state index in [0.29, 0.717) is 11.5 Å². The SMILES string of the molecule is C[C@H]1CCCN(C(=O)NC2CCN(c3ccc(C#N)cn3)CC2)C1. The van der Waals surface area contributed by atoms with Gasteiger partial charge in [-0.15, -0.1) is 0 Å². The van der Waals surface area contributed by atoms with Crippen LogP contribution in [0.5, 0.6) is 0 Å². The summed E-state index contributed by atoms with van der Waals surface area (Å²) < 4.78 is 0. The molecule has 2 saturated heterocycles. The molecule has 1 N–H and O–H groups in total. The maximum Gasteiger partial charge on any atom is 0.317 e. The summed E-state index contributed by atoms with van der Waals surface area (Å²) in [4.78, 5) is 20.9. The van der Waals surface area contributed by atoms with Crippen molar-refractivity contribution in [1.29, 1.82) is 5.26 Å². The molecule has 0 spiro atoms. The summed E-state index contributed by atoms with van der Waals surface area (Å²) in [5.74, 6) is 1.51. The Hall–Kier alpha value is -2.29. The number of piperidine rings is 2. The largest absolute Gasteiger partial charge is 0.356 e. The van der Waals surface area contributed by atoms with Crippen molar-refractivity contribution in [3.05, 3.63) is 23.9 Å². The number of hydrogen-bond donors (Lipinski definition) is 1. The lowest BCUT2D eigenvalue weighted by atomic mass is 10.0. The van der Waals surface area contributed by atoms with Crippen LogP contribution in [0.1, 0.15) is 38.2 Å². The third-order valence-corrected chi connectivity index (χ3v) is 4.97. The summed E-state index contributed by atoms with van der Waals surface area (Å²) in [6.07, 6.45) is 5.80. The molecule has 6 heteroatoms. The van der Waals surface area contributed by atoms with E-state index in [9.17, 15) is 4.79 Å². The predicted molar refractivity (Wildman–Crippen MR) is 92.7 cm³/mol. The summed E-state index contributed by atoms with van der Waals surface area (Å²) in [5.41, 5.74) is 0.580. The maximum atomic E-state index is 12.4. The Kier molecular flexibility index (Phi) is 5.19. The molecule has 0 saturated carbocycles. The summed E-state index contributed by atoms with van der Waals surface area (Å²) >= 11 is 0. The highest BCUT2D eigenvalue weighted by atomic mass is 16.2. The minimum absolute atomic E-state index is 0.0940. The van der Waals surface area contributed by atoms with Gasteiger partial charge in [-0.25, -0.2) is 9.78 Å². The van der Waals surface area contributed by atoms with Gasteiger partial charge in [-0.2, -0.15) is 5.26 Å². The number of pyridine rings is 1. The van der Waals surface area contributed by atoms with E-state index in [1.54, 1.807) is 12.3 Å². The second kappa shape index (κ2) is 7.52. The van der Waals surface area contributed by atoms with Crippen molar-refractivity contribution in [3.8, 4) is 6.07 Å². The van der Waals surface area contributed by atoms with Gasteiger partial charge in [0.05, 0.1) is 5.56 Å². The van der Waals surface area contributed by atoms with Crippen LogP contribution in [-0.4, -0.2) is 48.1 Å². The zero-order chi connectivity index (χ0) is 16.9. The number of amides is 2. The monoisotopic (exact) mass is 327 g/mol. The Labute approximate surface area is 143 Å². The number of urea groups is 1. The minimum atomic E-state index is 0.0940. The Balaban J connectivity index is 1.48. The fraction of sp³-hybridized carbons (Fsp3) is 0.611. The predicted octanol–water partition coefficient (Wildman–Crippen LogP) is 2.36. The van der Waals surface area contributed by atoms with E-state index in [2.05, 4.69) is 28.2 Å². The van der Waals surface area contributed by atoms with Crippen LogP contribution >= 0.6 is 0 Å². The topological polar surface area (TPSA) is 72.3 Å². The molecule has 1 atom stereocenters. The van der Waals surface area contributed by atoms with Crippen molar-refractivity contribution >= 4 is 11.8 Å². The average molecular weight is 327 g/mol. The van der Waals surface area contributed by atoms with E-state index in [1.807, 2.05) is 11.0 Å². The fourth-order valence-electron chi connectivity index (χ4n) is 3.53. The molecule has 3 rings (SSSR count). The number of hydrogen-bond acceptors (Lipinski definition) is 4. The first-order chi connectivity index (χ1) is 11.7. The van der Waals surface area contributed by atoms with Gasteiger partial charge in [0.25, 0.3) is 0 Å². The lowest BCUT2D eigenvalue weighted by molar-refractivity contribution is 0.164. The van der Waals surface area contributed by atoms with E-state index in [0.717, 1.165) is 51.3 Å². The molecule has 1 aromatic rings. The summed E-state index contributed by atoms with van der Waals surface area (Å²) in [7, 11) is 0. The van der Waals surface area contributed by atoms with Crippen LogP contribution in [0.3, 0.4) is 0 Å². The number of likely N-dealkylation sites (tertiary alicyclic amines) is 1. The van der Waals surface area contributed by atoms with E-state index >= 15 is 0 Å². The number of aromatic nitrogens is 1. The third kappa shape index (κ3) is 3.97. The van der Waals surface area contributed by atoms with Crippen LogP contribution in [0, 0.1) is 17.2 Å². The summed E-state index contributed by atoms with van der Waals surface area (Å²) in [6.45, 7) is 5.72. The lowest BCUT2D eigenvalue weighted by Gasteiger charge is -2.36. The molecule has 2 fully saturated rings. The second-order valence-electron chi connectivity index (χ2n) is 6.92. The summed E-state index contributed by atoms with van der Waals surface area (Å²) in [6, 6.07) is 6.12. The smallest absolute Gasteiger partial charge is 0.317 e. The normalized spacial score (nSPS) is 22.1. The van der Waals surface area contributed by atoms with Gasteiger partial charge in [0, 0.05) is 38.4 Å². The van der Waals surface area contributed by atoms with Crippen LogP contribution in [0.4, 0.5) is 10.6 Å². The van der Waals surface area contributed by atoms with E-state index < -0.39 is 0 Å². The molecule has 0 bridgehead atoms. The fourth-order valence-corrected chi connectivity index (χ4v) is 3.53. The Bertz CT molecular complexity index is 601. The minimum Gasteiger partial charge on any atom is -0.356 e. The first-order valence-corrected chi connectivity index (χ1v) is 8.82.